The van der Waals surface area contributed by atoms with Gasteiger partial charge in [-0.15, -0.1) is 0 Å². The number of pyridine rings is 1. The predicted molar refractivity (Wildman–Crippen MR) is 146 cm³/mol. The van der Waals surface area contributed by atoms with Gasteiger partial charge in [0.15, 0.2) is 0 Å². The van der Waals surface area contributed by atoms with Crippen LogP contribution in [0, 0.1) is 18.8 Å². The van der Waals surface area contributed by atoms with E-state index in [1.165, 1.54) is 12.4 Å². The van der Waals surface area contributed by atoms with E-state index in [1.54, 1.807) is 18.3 Å². The number of likely N-dealkylation sites (tertiary alicyclic amines) is 1. The van der Waals surface area contributed by atoms with E-state index in [9.17, 15) is 9.59 Å². The highest BCUT2D eigenvalue weighted by Crippen LogP contribution is 2.46. The SMILES string of the molecule is C=CC(=O)N1CC2CC(n3cc(-c4ccc(C(=O)Nc5ccccn5)c(C)c4)c4c(N)ncnc43)CC2C1. The molecule has 1 aliphatic heterocycles. The lowest BCUT2D eigenvalue weighted by atomic mass is 9.99. The Morgan fingerprint density at radius 3 is 2.58 bits per heavy atom. The fourth-order valence-electron chi connectivity index (χ4n) is 6.12. The summed E-state index contributed by atoms with van der Waals surface area (Å²) in [6.45, 7) is 7.10. The number of benzene rings is 1. The van der Waals surface area contributed by atoms with Gasteiger partial charge in [-0.05, 0) is 67.0 Å². The second-order valence-electron chi connectivity index (χ2n) is 10.2. The average Bonchev–Trinajstić information content (AvgIpc) is 3.61. The number of nitrogens with one attached hydrogen (secondary N) is 1. The number of carbonyl (C=O) groups excluding carboxylic acids is 2. The number of hydrogen-bond donors (Lipinski definition) is 2. The van der Waals surface area contributed by atoms with Crippen molar-refractivity contribution in [2.24, 2.45) is 11.8 Å². The molecule has 2 aliphatic rings. The highest BCUT2D eigenvalue weighted by molar-refractivity contribution is 6.06. The van der Waals surface area contributed by atoms with Gasteiger partial charge in [-0.1, -0.05) is 24.8 Å². The van der Waals surface area contributed by atoms with Gasteiger partial charge in [0.05, 0.1) is 5.39 Å². The third-order valence-electron chi connectivity index (χ3n) is 7.93. The number of hydrogen-bond acceptors (Lipinski definition) is 6. The van der Waals surface area contributed by atoms with E-state index < -0.39 is 0 Å². The minimum Gasteiger partial charge on any atom is -0.383 e. The highest BCUT2D eigenvalue weighted by atomic mass is 16.2. The molecule has 4 heterocycles. The van der Waals surface area contributed by atoms with E-state index in [0.717, 1.165) is 53.7 Å². The first-order valence-corrected chi connectivity index (χ1v) is 12.8. The van der Waals surface area contributed by atoms with Crippen molar-refractivity contribution in [3.05, 3.63) is 78.9 Å². The zero-order chi connectivity index (χ0) is 26.4. The van der Waals surface area contributed by atoms with Crippen LogP contribution in [0.3, 0.4) is 0 Å². The van der Waals surface area contributed by atoms with Crippen molar-refractivity contribution in [3.8, 4) is 11.1 Å². The molecule has 3 N–H and O–H groups in total. The van der Waals surface area contributed by atoms with Gasteiger partial charge in [0.25, 0.3) is 5.91 Å². The molecule has 0 bridgehead atoms. The summed E-state index contributed by atoms with van der Waals surface area (Å²) >= 11 is 0. The van der Waals surface area contributed by atoms with Crippen LogP contribution in [0.25, 0.3) is 22.2 Å². The molecule has 2 amide bonds. The first-order valence-electron chi connectivity index (χ1n) is 12.8. The summed E-state index contributed by atoms with van der Waals surface area (Å²) in [7, 11) is 0. The number of fused-ring (bicyclic) bond motifs is 2. The van der Waals surface area contributed by atoms with Crippen LogP contribution in [0.4, 0.5) is 11.6 Å². The first-order chi connectivity index (χ1) is 18.4. The average molecular weight is 508 g/mol. The molecule has 2 unspecified atom stereocenters. The summed E-state index contributed by atoms with van der Waals surface area (Å²) < 4.78 is 2.23. The van der Waals surface area contributed by atoms with Crippen molar-refractivity contribution < 1.29 is 9.59 Å². The van der Waals surface area contributed by atoms with Crippen molar-refractivity contribution in [2.45, 2.75) is 25.8 Å². The molecule has 4 aromatic rings. The van der Waals surface area contributed by atoms with Crippen LogP contribution in [-0.2, 0) is 4.79 Å². The normalized spacial score (nSPS) is 20.4. The maximum atomic E-state index is 12.9. The monoisotopic (exact) mass is 507 g/mol. The number of anilines is 2. The molecule has 1 saturated heterocycles. The Morgan fingerprint density at radius 2 is 1.89 bits per heavy atom. The lowest BCUT2D eigenvalue weighted by molar-refractivity contribution is -0.125. The number of aryl methyl sites for hydroxylation is 1. The van der Waals surface area contributed by atoms with Gasteiger partial charge < -0.3 is 20.5 Å². The van der Waals surface area contributed by atoms with Gasteiger partial charge in [0.1, 0.15) is 23.6 Å². The Kier molecular flexibility index (Phi) is 5.90. The molecule has 9 heteroatoms. The second kappa shape index (κ2) is 9.41. The molecule has 2 atom stereocenters. The van der Waals surface area contributed by atoms with E-state index in [2.05, 4.69) is 37.6 Å². The number of carbonyl (C=O) groups is 2. The van der Waals surface area contributed by atoms with Gasteiger partial charge in [-0.2, -0.15) is 0 Å². The maximum absolute atomic E-state index is 12.9. The number of nitrogens with zero attached hydrogens (tertiary/aromatic N) is 5. The molecule has 1 aromatic carbocycles. The number of amides is 2. The van der Waals surface area contributed by atoms with Crippen molar-refractivity contribution in [1.82, 2.24) is 24.4 Å². The molecule has 6 rings (SSSR count). The Bertz CT molecular complexity index is 1550. The standard InChI is InChI=1S/C29H29N7O2/c1-3-25(37)35-13-19-11-21(12-20(19)14-35)36-15-23(26-27(30)32-16-33-28(26)36)18-7-8-22(17(2)10-18)29(38)34-24-6-4-5-9-31-24/h3-10,15-16,19-21H,1,11-14H2,2H3,(H2,30,32,33)(H,31,34,38). The van der Waals surface area contributed by atoms with Gasteiger partial charge in [-0.25, -0.2) is 15.0 Å². The van der Waals surface area contributed by atoms with E-state index in [-0.39, 0.29) is 17.9 Å². The lowest BCUT2D eigenvalue weighted by Gasteiger charge is -2.19. The van der Waals surface area contributed by atoms with Crippen molar-refractivity contribution in [1.29, 1.82) is 0 Å². The molecular weight excluding hydrogens is 478 g/mol. The van der Waals surface area contributed by atoms with E-state index >= 15 is 0 Å². The zero-order valence-electron chi connectivity index (χ0n) is 21.2. The van der Waals surface area contributed by atoms with Gasteiger partial charge in [0, 0.05) is 42.7 Å². The fraction of sp³-hybridized carbons (Fsp3) is 0.276. The van der Waals surface area contributed by atoms with Gasteiger partial charge >= 0.3 is 0 Å². The Balaban J connectivity index is 1.31. The van der Waals surface area contributed by atoms with Crippen LogP contribution in [0.2, 0.25) is 0 Å². The van der Waals surface area contributed by atoms with Crippen LogP contribution < -0.4 is 11.1 Å². The molecule has 0 spiro atoms. The highest BCUT2D eigenvalue weighted by Gasteiger charge is 2.43. The molecule has 1 saturated carbocycles. The van der Waals surface area contributed by atoms with Gasteiger partial charge in [0.2, 0.25) is 5.91 Å². The third-order valence-corrected chi connectivity index (χ3v) is 7.93. The molecule has 0 radical (unpaired) electrons. The summed E-state index contributed by atoms with van der Waals surface area (Å²) in [5.74, 6) is 1.66. The molecule has 38 heavy (non-hydrogen) atoms. The number of aromatic nitrogens is 4. The predicted octanol–water partition coefficient (Wildman–Crippen LogP) is 4.23. The number of nitrogens with two attached hydrogens (primary N) is 1. The zero-order valence-corrected chi connectivity index (χ0v) is 21.2. The summed E-state index contributed by atoms with van der Waals surface area (Å²) in [6.07, 6.45) is 8.63. The second-order valence-corrected chi connectivity index (χ2v) is 10.2. The summed E-state index contributed by atoms with van der Waals surface area (Å²) in [5, 5.41) is 3.66. The van der Waals surface area contributed by atoms with Crippen molar-refractivity contribution in [2.75, 3.05) is 24.1 Å². The largest absolute Gasteiger partial charge is 0.383 e. The van der Waals surface area contributed by atoms with Gasteiger partial charge in [-0.3, -0.25) is 9.59 Å². The van der Waals surface area contributed by atoms with E-state index in [0.29, 0.717) is 29.0 Å². The fourth-order valence-corrected chi connectivity index (χ4v) is 6.12. The molecule has 9 nitrogen and oxygen atoms in total. The molecule has 192 valence electrons. The molecule has 2 fully saturated rings. The van der Waals surface area contributed by atoms with Crippen LogP contribution in [0.1, 0.15) is 34.8 Å². The third kappa shape index (κ3) is 4.09. The first kappa shape index (κ1) is 23.8. The summed E-state index contributed by atoms with van der Waals surface area (Å²) in [4.78, 5) is 40.0. The topological polar surface area (TPSA) is 119 Å². The summed E-state index contributed by atoms with van der Waals surface area (Å²) in [5.41, 5.74) is 10.5. The number of nitrogen functional groups attached to an aromatic ring is 1. The van der Waals surface area contributed by atoms with Crippen molar-refractivity contribution >= 4 is 34.5 Å². The Labute approximate surface area is 220 Å². The lowest BCUT2D eigenvalue weighted by Crippen LogP contribution is -2.28. The Hall–Kier alpha value is -4.53. The minimum absolute atomic E-state index is 0.0118. The van der Waals surface area contributed by atoms with Crippen LogP contribution in [-0.4, -0.2) is 49.3 Å². The molecular formula is C29H29N7O2. The molecule has 3 aromatic heterocycles. The summed E-state index contributed by atoms with van der Waals surface area (Å²) in [6, 6.07) is 11.4. The Morgan fingerprint density at radius 1 is 1.11 bits per heavy atom. The maximum Gasteiger partial charge on any atom is 0.257 e. The van der Waals surface area contributed by atoms with Crippen LogP contribution in [0.5, 0.6) is 0 Å². The van der Waals surface area contributed by atoms with E-state index in [1.807, 2.05) is 36.1 Å². The minimum atomic E-state index is -0.209. The van der Waals surface area contributed by atoms with Crippen molar-refractivity contribution in [3.63, 3.8) is 0 Å². The number of rotatable bonds is 5. The van der Waals surface area contributed by atoms with Crippen LogP contribution >= 0.6 is 0 Å². The van der Waals surface area contributed by atoms with Crippen LogP contribution in [0.15, 0.2) is 67.8 Å². The smallest absolute Gasteiger partial charge is 0.257 e. The molecule has 1 aliphatic carbocycles. The van der Waals surface area contributed by atoms with E-state index in [4.69, 9.17) is 5.73 Å². The quantitative estimate of drug-likeness (QED) is 0.390.